The Morgan fingerprint density at radius 3 is 2.23 bits per heavy atom. The number of hydrogen-bond acceptors (Lipinski definition) is 5. The van der Waals surface area contributed by atoms with Gasteiger partial charge in [-0.2, -0.15) is 0 Å². The van der Waals surface area contributed by atoms with Crippen LogP contribution in [0.25, 0.3) is 0 Å². The summed E-state index contributed by atoms with van der Waals surface area (Å²) < 4.78 is 4.49. The lowest BCUT2D eigenvalue weighted by molar-refractivity contribution is -0.141. The molecule has 180 valence electrons. The summed E-state index contributed by atoms with van der Waals surface area (Å²) in [5.74, 6) is -0.361. The maximum atomic E-state index is 12.5. The molecule has 1 heterocycles. The van der Waals surface area contributed by atoms with Gasteiger partial charge in [0.25, 0.3) is 0 Å². The van der Waals surface area contributed by atoms with Gasteiger partial charge in [-0.1, -0.05) is 91.5 Å². The van der Waals surface area contributed by atoms with Gasteiger partial charge in [-0.05, 0) is 34.7 Å². The summed E-state index contributed by atoms with van der Waals surface area (Å²) in [5.41, 5.74) is 4.32. The molecule has 1 amide bonds. The van der Waals surface area contributed by atoms with E-state index in [1.54, 1.807) is 18.7 Å². The second kappa shape index (κ2) is 10.9. The number of β-lactam (4-membered cyclic amide) rings is 1. The Kier molecular flexibility index (Phi) is 7.73. The van der Waals surface area contributed by atoms with E-state index in [2.05, 4.69) is 36.2 Å². The van der Waals surface area contributed by atoms with E-state index in [4.69, 9.17) is 4.74 Å². The lowest BCUT2D eigenvalue weighted by Gasteiger charge is -2.42. The highest BCUT2D eigenvalue weighted by atomic mass is 32.2. The van der Waals surface area contributed by atoms with E-state index in [-0.39, 0.29) is 30.3 Å². The Bertz CT molecular complexity index is 1150. The van der Waals surface area contributed by atoms with Gasteiger partial charge in [-0.25, -0.2) is 0 Å². The quantitative estimate of drug-likeness (QED) is 0.184. The first-order valence-electron chi connectivity index (χ1n) is 11.6. The van der Waals surface area contributed by atoms with Crippen molar-refractivity contribution in [2.75, 3.05) is 6.61 Å². The highest BCUT2D eigenvalue weighted by Gasteiger charge is 2.44. The van der Waals surface area contributed by atoms with Gasteiger partial charge in [0.05, 0.1) is 29.1 Å². The van der Waals surface area contributed by atoms with Gasteiger partial charge in [0.15, 0.2) is 0 Å². The molecule has 3 aromatic carbocycles. The molecule has 5 nitrogen and oxygen atoms in total. The first kappa shape index (κ1) is 24.8. The van der Waals surface area contributed by atoms with Crippen LogP contribution in [-0.4, -0.2) is 29.0 Å². The first-order valence-corrected chi connectivity index (χ1v) is 12.5. The number of nitrogens with one attached hydrogen (secondary N) is 1. The number of aliphatic hydroxyl groups is 1. The van der Waals surface area contributed by atoms with Crippen LogP contribution in [0.5, 0.6) is 0 Å². The number of ether oxygens (including phenoxy) is 1. The summed E-state index contributed by atoms with van der Waals surface area (Å²) in [6, 6.07) is 26.0. The molecule has 1 saturated heterocycles. The summed E-state index contributed by atoms with van der Waals surface area (Å²) in [6.07, 6.45) is 1.15. The lowest BCUT2D eigenvalue weighted by atomic mass is 9.79. The summed E-state index contributed by atoms with van der Waals surface area (Å²) >= 11 is 1.64. The van der Waals surface area contributed by atoms with E-state index >= 15 is 0 Å². The fourth-order valence-corrected chi connectivity index (χ4v) is 6.26. The normalized spacial score (nSPS) is 16.1. The van der Waals surface area contributed by atoms with Crippen molar-refractivity contribution in [3.63, 3.8) is 0 Å². The van der Waals surface area contributed by atoms with Crippen LogP contribution in [0.3, 0.4) is 0 Å². The van der Waals surface area contributed by atoms with Gasteiger partial charge in [-0.15, -0.1) is 11.8 Å². The van der Waals surface area contributed by atoms with Gasteiger partial charge in [-0.3, -0.25) is 9.59 Å². The van der Waals surface area contributed by atoms with Crippen LogP contribution in [0.15, 0.2) is 91.5 Å². The minimum Gasteiger partial charge on any atom is -0.461 e. The molecule has 0 aliphatic carbocycles. The molecule has 2 unspecified atom stereocenters. The minimum absolute atomic E-state index is 0.0204. The summed E-state index contributed by atoms with van der Waals surface area (Å²) in [5, 5.41) is 13.9. The predicted molar refractivity (Wildman–Crippen MR) is 139 cm³/mol. The Morgan fingerprint density at radius 1 is 1.11 bits per heavy atom. The van der Waals surface area contributed by atoms with Crippen molar-refractivity contribution < 1.29 is 19.4 Å². The molecule has 0 aromatic heterocycles. The zero-order valence-corrected chi connectivity index (χ0v) is 20.5. The van der Waals surface area contributed by atoms with E-state index < -0.39 is 10.9 Å². The third kappa shape index (κ3) is 5.19. The number of aliphatic hydroxyl groups excluding tert-OH is 1. The van der Waals surface area contributed by atoms with Crippen LogP contribution < -0.4 is 5.32 Å². The molecule has 2 N–H and O–H groups in total. The molecule has 0 spiro atoms. The summed E-state index contributed by atoms with van der Waals surface area (Å²) in [4.78, 5) is 24.3. The number of benzene rings is 3. The maximum Gasteiger partial charge on any atom is 0.310 e. The minimum atomic E-state index is -0.836. The molecule has 4 rings (SSSR count). The van der Waals surface area contributed by atoms with Crippen LogP contribution in [0.1, 0.15) is 47.3 Å². The molecular formula is C29H29NO4S. The van der Waals surface area contributed by atoms with Crippen molar-refractivity contribution in [1.29, 1.82) is 0 Å². The predicted octanol–water partition coefficient (Wildman–Crippen LogP) is 4.88. The van der Waals surface area contributed by atoms with Crippen LogP contribution in [0.4, 0.5) is 0 Å². The number of carbonyl (C=O) groups is 2. The third-order valence-electron chi connectivity index (χ3n) is 6.06. The van der Waals surface area contributed by atoms with Gasteiger partial charge < -0.3 is 15.2 Å². The molecule has 2 atom stereocenters. The maximum absolute atomic E-state index is 12.5. The van der Waals surface area contributed by atoms with Crippen LogP contribution in [0.2, 0.25) is 0 Å². The SMILES string of the molecule is C=CCOC(=O)Cc1cccc(C(SC2CC(=O)N2)(c2ccccc2)c2ccccc2)c1C(C)O. The molecule has 3 aromatic rings. The first-order chi connectivity index (χ1) is 17.0. The number of carbonyl (C=O) groups excluding carboxylic acids is 2. The second-order valence-corrected chi connectivity index (χ2v) is 9.91. The second-order valence-electron chi connectivity index (χ2n) is 8.49. The summed E-state index contributed by atoms with van der Waals surface area (Å²) in [6.45, 7) is 5.45. The van der Waals surface area contributed by atoms with Crippen LogP contribution >= 0.6 is 11.8 Å². The van der Waals surface area contributed by atoms with Crippen molar-refractivity contribution in [3.8, 4) is 0 Å². The number of amides is 1. The Balaban J connectivity index is 1.95. The largest absolute Gasteiger partial charge is 0.461 e. The van der Waals surface area contributed by atoms with E-state index in [0.717, 1.165) is 16.7 Å². The van der Waals surface area contributed by atoms with Gasteiger partial charge in [0, 0.05) is 0 Å². The van der Waals surface area contributed by atoms with Crippen molar-refractivity contribution in [2.24, 2.45) is 0 Å². The van der Waals surface area contributed by atoms with E-state index in [1.807, 2.05) is 54.6 Å². The lowest BCUT2D eigenvalue weighted by Crippen LogP contribution is -2.49. The Hall–Kier alpha value is -3.35. The standard InChI is InChI=1S/C29H29NO4S/c1-3-17-34-27(33)18-21-11-10-16-24(28(21)20(2)31)29(22-12-6-4-7-13-22,23-14-8-5-9-15-23)35-26-19-25(32)30-26/h3-16,20,26,31H,1,17-19H2,2H3,(H,30,32). The fraction of sp³-hybridized carbons (Fsp3) is 0.241. The van der Waals surface area contributed by atoms with Crippen LogP contribution in [-0.2, 0) is 25.5 Å². The molecule has 0 bridgehead atoms. The number of esters is 1. The van der Waals surface area contributed by atoms with Crippen LogP contribution in [0, 0.1) is 0 Å². The fourth-order valence-electron chi connectivity index (χ4n) is 4.56. The van der Waals surface area contributed by atoms with Crippen molar-refractivity contribution >= 4 is 23.6 Å². The summed E-state index contributed by atoms with van der Waals surface area (Å²) in [7, 11) is 0. The highest BCUT2D eigenvalue weighted by Crippen LogP contribution is 2.53. The van der Waals surface area contributed by atoms with Gasteiger partial charge in [0.2, 0.25) is 5.91 Å². The molecule has 6 heteroatoms. The van der Waals surface area contributed by atoms with Crippen molar-refractivity contribution in [1.82, 2.24) is 5.32 Å². The van der Waals surface area contributed by atoms with Crippen molar-refractivity contribution in [2.45, 2.75) is 36.0 Å². The smallest absolute Gasteiger partial charge is 0.310 e. The van der Waals surface area contributed by atoms with E-state index in [1.165, 1.54) is 6.08 Å². The molecule has 0 radical (unpaired) electrons. The van der Waals surface area contributed by atoms with Crippen molar-refractivity contribution in [3.05, 3.63) is 119 Å². The average Bonchev–Trinajstić information content (AvgIpc) is 2.85. The zero-order valence-electron chi connectivity index (χ0n) is 19.6. The molecule has 0 saturated carbocycles. The highest BCUT2D eigenvalue weighted by molar-refractivity contribution is 8.01. The Labute approximate surface area is 210 Å². The molecule has 1 aliphatic heterocycles. The molecule has 1 aliphatic rings. The topological polar surface area (TPSA) is 75.6 Å². The van der Waals surface area contributed by atoms with E-state index in [9.17, 15) is 14.7 Å². The third-order valence-corrected chi connectivity index (χ3v) is 7.68. The monoisotopic (exact) mass is 487 g/mol. The van der Waals surface area contributed by atoms with E-state index in [0.29, 0.717) is 17.5 Å². The molecule has 35 heavy (non-hydrogen) atoms. The number of rotatable bonds is 10. The number of hydrogen-bond donors (Lipinski definition) is 2. The number of thioether (sulfide) groups is 1. The Morgan fingerprint density at radius 2 is 1.71 bits per heavy atom. The molecule has 1 fully saturated rings. The van der Waals surface area contributed by atoms with Gasteiger partial charge in [0.1, 0.15) is 6.61 Å². The molecular weight excluding hydrogens is 458 g/mol. The average molecular weight is 488 g/mol. The van der Waals surface area contributed by atoms with Gasteiger partial charge >= 0.3 is 5.97 Å². The zero-order chi connectivity index (χ0) is 24.8.